The maximum Gasteiger partial charge on any atom is 0.306 e. The van der Waals surface area contributed by atoms with Crippen molar-refractivity contribution in [2.75, 3.05) is 26.4 Å². The molecule has 0 aromatic carbocycles. The van der Waals surface area contributed by atoms with Crippen LogP contribution in [0.4, 0.5) is 0 Å². The summed E-state index contributed by atoms with van der Waals surface area (Å²) in [5.41, 5.74) is 0. The third kappa shape index (κ3) is 35.8. The first-order valence-electron chi connectivity index (χ1n) is 25.9. The zero-order chi connectivity index (χ0) is 45.7. The predicted octanol–water partition coefficient (Wildman–Crippen LogP) is 12.6. The third-order valence-electron chi connectivity index (χ3n) is 11.7. The van der Waals surface area contributed by atoms with Gasteiger partial charge in [-0.25, -0.2) is 0 Å². The Kier molecular flexibility index (Phi) is 42.1. The van der Waals surface area contributed by atoms with Crippen LogP contribution in [0.1, 0.15) is 213 Å². The number of allylic oxidation sites excluding steroid dienone is 10. The van der Waals surface area contributed by atoms with Gasteiger partial charge in [0.2, 0.25) is 0 Å². The molecule has 0 aromatic heterocycles. The lowest BCUT2D eigenvalue weighted by Crippen LogP contribution is -2.59. The lowest BCUT2D eigenvalue weighted by Gasteiger charge is -2.39. The summed E-state index contributed by atoms with van der Waals surface area (Å²) in [6.07, 6.45) is 51.0. The number of esters is 1. The number of aliphatic hydroxyl groups excluding tert-OH is 4. The Bertz CT molecular complexity index is 1150. The summed E-state index contributed by atoms with van der Waals surface area (Å²) < 4.78 is 22.9. The van der Waals surface area contributed by atoms with E-state index in [2.05, 4.69) is 74.6 Å². The van der Waals surface area contributed by atoms with Crippen LogP contribution in [0.2, 0.25) is 0 Å². The molecular weight excluding hydrogens is 793 g/mol. The molecule has 1 saturated heterocycles. The fourth-order valence-electron chi connectivity index (χ4n) is 7.65. The highest BCUT2D eigenvalue weighted by atomic mass is 16.7. The molecule has 0 saturated carbocycles. The van der Waals surface area contributed by atoms with Crippen molar-refractivity contribution in [1.82, 2.24) is 0 Å². The first-order valence-corrected chi connectivity index (χ1v) is 25.9. The molecule has 9 heteroatoms. The molecule has 9 nitrogen and oxygen atoms in total. The zero-order valence-corrected chi connectivity index (χ0v) is 40.3. The van der Waals surface area contributed by atoms with Gasteiger partial charge in [0.15, 0.2) is 6.29 Å². The molecule has 0 radical (unpaired) electrons. The number of carbonyl (C=O) groups is 1. The van der Waals surface area contributed by atoms with Gasteiger partial charge in [-0.1, -0.05) is 190 Å². The maximum atomic E-state index is 12.8. The van der Waals surface area contributed by atoms with Gasteiger partial charge < -0.3 is 39.4 Å². The summed E-state index contributed by atoms with van der Waals surface area (Å²) in [6.45, 7) is 4.44. The summed E-state index contributed by atoms with van der Waals surface area (Å²) in [7, 11) is 0. The van der Waals surface area contributed by atoms with Crippen molar-refractivity contribution in [2.24, 2.45) is 0 Å². The van der Waals surface area contributed by atoms with E-state index < -0.39 is 43.4 Å². The molecule has 0 aromatic rings. The molecule has 6 unspecified atom stereocenters. The van der Waals surface area contributed by atoms with E-state index in [1.165, 1.54) is 128 Å². The van der Waals surface area contributed by atoms with Crippen molar-refractivity contribution in [3.8, 4) is 0 Å². The minimum absolute atomic E-state index is 0.119. The maximum absolute atomic E-state index is 12.8. The predicted molar refractivity (Wildman–Crippen MR) is 261 cm³/mol. The normalized spacial score (nSPS) is 20.1. The van der Waals surface area contributed by atoms with Gasteiger partial charge in [-0.15, -0.1) is 0 Å². The van der Waals surface area contributed by atoms with E-state index >= 15 is 0 Å². The van der Waals surface area contributed by atoms with Crippen LogP contribution in [0.3, 0.4) is 0 Å². The second kappa shape index (κ2) is 45.1. The largest absolute Gasteiger partial charge is 0.457 e. The van der Waals surface area contributed by atoms with Crippen LogP contribution in [0.5, 0.6) is 0 Å². The molecule has 4 N–H and O–H groups in total. The van der Waals surface area contributed by atoms with Crippen molar-refractivity contribution in [3.05, 3.63) is 60.8 Å². The molecular formula is C54H96O9. The van der Waals surface area contributed by atoms with Gasteiger partial charge in [0, 0.05) is 13.0 Å². The standard InChI is InChI=1S/C54H96O9/c1-3-5-7-9-11-13-15-17-19-21-23-24-25-27-29-31-33-35-37-39-41-43-50(56)62-48(47-61-54-53(59)52(58)51(57)49(45-55)63-54)46-60-44-42-40-38-36-34-32-30-28-26-22-20-18-16-14-12-10-8-6-4-2/h5,7,11,13,17,19-20,22-24,48-49,51-55,57-59H,3-4,6,8-10,12,14-16,18,21,25-47H2,1-2H3/b7-5-,13-11-,19-17-,22-20-,24-23-. The molecule has 1 rings (SSSR count). The van der Waals surface area contributed by atoms with Gasteiger partial charge in [-0.3, -0.25) is 4.79 Å². The molecule has 1 aliphatic rings. The van der Waals surface area contributed by atoms with Gasteiger partial charge in [-0.2, -0.15) is 0 Å². The van der Waals surface area contributed by atoms with Gasteiger partial charge in [0.1, 0.15) is 30.5 Å². The Morgan fingerprint density at radius 3 is 1.48 bits per heavy atom. The van der Waals surface area contributed by atoms with Crippen LogP contribution in [0, 0.1) is 0 Å². The molecule has 0 amide bonds. The monoisotopic (exact) mass is 889 g/mol. The zero-order valence-electron chi connectivity index (χ0n) is 40.3. The number of aliphatic hydroxyl groups is 4. The van der Waals surface area contributed by atoms with E-state index in [-0.39, 0.29) is 19.2 Å². The fourth-order valence-corrected chi connectivity index (χ4v) is 7.65. The lowest BCUT2D eigenvalue weighted by atomic mass is 9.99. The second-order valence-electron chi connectivity index (χ2n) is 17.6. The van der Waals surface area contributed by atoms with Crippen LogP contribution in [-0.4, -0.2) is 89.6 Å². The summed E-state index contributed by atoms with van der Waals surface area (Å²) in [5, 5.41) is 40.3. The summed E-state index contributed by atoms with van der Waals surface area (Å²) in [4.78, 5) is 12.8. The van der Waals surface area contributed by atoms with E-state index in [1.807, 2.05) is 0 Å². The van der Waals surface area contributed by atoms with E-state index in [1.54, 1.807) is 0 Å². The van der Waals surface area contributed by atoms with Crippen molar-refractivity contribution < 1.29 is 44.2 Å². The molecule has 0 bridgehead atoms. The quantitative estimate of drug-likeness (QED) is 0.0268. The SMILES string of the molecule is CC/C=C\C/C=C\C/C=C\C/C=C\CCCCCCCCCCC(=O)OC(COCCCCCCCCCC/C=C\CCCCCCCCC)COC1OC(CO)C(O)C(O)C1O. The van der Waals surface area contributed by atoms with Crippen LogP contribution in [0.25, 0.3) is 0 Å². The minimum atomic E-state index is -1.54. The summed E-state index contributed by atoms with van der Waals surface area (Å²) >= 11 is 0. The molecule has 6 atom stereocenters. The number of hydrogen-bond acceptors (Lipinski definition) is 9. The topological polar surface area (TPSA) is 135 Å². The smallest absolute Gasteiger partial charge is 0.306 e. The van der Waals surface area contributed by atoms with E-state index in [0.29, 0.717) is 13.0 Å². The van der Waals surface area contributed by atoms with E-state index in [4.69, 9.17) is 18.9 Å². The average molecular weight is 889 g/mol. The Balaban J connectivity index is 2.22. The Hall–Kier alpha value is -2.11. The van der Waals surface area contributed by atoms with Crippen LogP contribution < -0.4 is 0 Å². The van der Waals surface area contributed by atoms with Crippen molar-refractivity contribution >= 4 is 5.97 Å². The van der Waals surface area contributed by atoms with Crippen LogP contribution >= 0.6 is 0 Å². The molecule has 1 aliphatic heterocycles. The fraction of sp³-hybridized carbons (Fsp3) is 0.796. The summed E-state index contributed by atoms with van der Waals surface area (Å²) in [6, 6.07) is 0. The van der Waals surface area contributed by atoms with Crippen LogP contribution in [-0.2, 0) is 23.7 Å². The lowest BCUT2D eigenvalue weighted by molar-refractivity contribution is -0.305. The van der Waals surface area contributed by atoms with Gasteiger partial charge in [0.25, 0.3) is 0 Å². The highest BCUT2D eigenvalue weighted by molar-refractivity contribution is 5.69. The van der Waals surface area contributed by atoms with E-state index in [9.17, 15) is 25.2 Å². The molecule has 63 heavy (non-hydrogen) atoms. The highest BCUT2D eigenvalue weighted by Gasteiger charge is 2.44. The molecule has 1 heterocycles. The first kappa shape index (κ1) is 58.9. The van der Waals surface area contributed by atoms with E-state index in [0.717, 1.165) is 64.2 Å². The Morgan fingerprint density at radius 2 is 0.968 bits per heavy atom. The molecule has 1 fully saturated rings. The summed E-state index contributed by atoms with van der Waals surface area (Å²) in [5.74, 6) is -0.323. The second-order valence-corrected chi connectivity index (χ2v) is 17.6. The number of ether oxygens (including phenoxy) is 4. The number of hydrogen-bond donors (Lipinski definition) is 4. The van der Waals surface area contributed by atoms with Gasteiger partial charge in [0.05, 0.1) is 19.8 Å². The number of carbonyl (C=O) groups excluding carboxylic acids is 1. The minimum Gasteiger partial charge on any atom is -0.457 e. The number of unbranched alkanes of at least 4 members (excludes halogenated alkanes) is 23. The van der Waals surface area contributed by atoms with Crippen molar-refractivity contribution in [1.29, 1.82) is 0 Å². The Labute approximate surface area is 385 Å². The molecule has 0 spiro atoms. The molecule has 0 aliphatic carbocycles. The first-order chi connectivity index (χ1) is 30.9. The van der Waals surface area contributed by atoms with Crippen molar-refractivity contribution in [3.63, 3.8) is 0 Å². The average Bonchev–Trinajstić information content (AvgIpc) is 3.28. The Morgan fingerprint density at radius 1 is 0.524 bits per heavy atom. The number of rotatable bonds is 44. The van der Waals surface area contributed by atoms with Gasteiger partial charge >= 0.3 is 5.97 Å². The third-order valence-corrected chi connectivity index (χ3v) is 11.7. The highest BCUT2D eigenvalue weighted by Crippen LogP contribution is 2.23. The molecule has 366 valence electrons. The van der Waals surface area contributed by atoms with Crippen LogP contribution in [0.15, 0.2) is 60.8 Å². The van der Waals surface area contributed by atoms with Crippen molar-refractivity contribution in [2.45, 2.75) is 250 Å². The van der Waals surface area contributed by atoms with Gasteiger partial charge in [-0.05, 0) is 77.0 Å².